The largest absolute Gasteiger partial charge is 0.467 e. The molecule has 0 aliphatic heterocycles. The number of nitrogens with one attached hydrogen (secondary N) is 1. The van der Waals surface area contributed by atoms with Crippen LogP contribution < -0.4 is 15.8 Å². The highest BCUT2D eigenvalue weighted by Crippen LogP contribution is 2.13. The summed E-state index contributed by atoms with van der Waals surface area (Å²) in [6, 6.07) is 0.379. The minimum Gasteiger partial charge on any atom is -0.467 e. The van der Waals surface area contributed by atoms with Crippen LogP contribution in [0.5, 0.6) is 5.19 Å². The van der Waals surface area contributed by atoms with Gasteiger partial charge in [-0.15, -0.1) is 0 Å². The molecule has 0 saturated carbocycles. The highest BCUT2D eigenvalue weighted by atomic mass is 32.1. The van der Waals surface area contributed by atoms with E-state index in [1.807, 2.05) is 19.2 Å². The number of thiazole rings is 1. The SMILES string of the molecule is CC(C)NCC(O)COc1nccs1.CCCCCCCOC(N)=O. The first kappa shape index (κ1) is 23.6. The van der Waals surface area contributed by atoms with Gasteiger partial charge < -0.3 is 25.6 Å². The third-order valence-corrected chi connectivity index (χ3v) is 3.75. The summed E-state index contributed by atoms with van der Waals surface area (Å²) in [6.45, 7) is 7.54. The molecule has 0 aliphatic carbocycles. The maximum Gasteiger partial charge on any atom is 0.404 e. The van der Waals surface area contributed by atoms with Gasteiger partial charge in [-0.25, -0.2) is 9.78 Å². The molecule has 1 rings (SSSR count). The highest BCUT2D eigenvalue weighted by Gasteiger charge is 2.06. The third-order valence-electron chi connectivity index (χ3n) is 3.06. The van der Waals surface area contributed by atoms with E-state index in [1.54, 1.807) is 6.20 Å². The molecule has 8 heteroatoms. The van der Waals surface area contributed by atoms with Gasteiger partial charge in [0.1, 0.15) is 12.7 Å². The minimum atomic E-state index is -0.666. The van der Waals surface area contributed by atoms with E-state index < -0.39 is 12.2 Å². The first-order chi connectivity index (χ1) is 12.0. The molecule has 1 aromatic heterocycles. The van der Waals surface area contributed by atoms with Crippen molar-refractivity contribution in [2.24, 2.45) is 5.73 Å². The zero-order valence-corrected chi connectivity index (χ0v) is 16.4. The van der Waals surface area contributed by atoms with Crippen LogP contribution in [0.25, 0.3) is 0 Å². The Morgan fingerprint density at radius 1 is 1.36 bits per heavy atom. The lowest BCUT2D eigenvalue weighted by atomic mass is 10.2. The minimum absolute atomic E-state index is 0.285. The molecule has 0 aromatic carbocycles. The van der Waals surface area contributed by atoms with E-state index in [0.717, 1.165) is 12.8 Å². The van der Waals surface area contributed by atoms with Gasteiger partial charge in [-0.2, -0.15) is 0 Å². The summed E-state index contributed by atoms with van der Waals surface area (Å²) < 4.78 is 9.82. The van der Waals surface area contributed by atoms with Crippen molar-refractivity contribution in [3.63, 3.8) is 0 Å². The van der Waals surface area contributed by atoms with E-state index in [1.165, 1.54) is 30.6 Å². The number of nitrogens with two attached hydrogens (primary N) is 1. The number of nitrogens with zero attached hydrogens (tertiary/aromatic N) is 1. The number of aliphatic hydroxyl groups excluding tert-OH is 1. The van der Waals surface area contributed by atoms with Crippen LogP contribution in [0, 0.1) is 0 Å². The van der Waals surface area contributed by atoms with Gasteiger partial charge >= 0.3 is 6.09 Å². The molecule has 0 bridgehead atoms. The number of aromatic nitrogens is 1. The first-order valence-electron chi connectivity index (χ1n) is 8.81. The second-order valence-corrected chi connectivity index (χ2v) is 6.76. The Morgan fingerprint density at radius 2 is 2.08 bits per heavy atom. The van der Waals surface area contributed by atoms with E-state index in [-0.39, 0.29) is 6.61 Å². The zero-order chi connectivity index (χ0) is 18.9. The van der Waals surface area contributed by atoms with Crippen molar-refractivity contribution in [3.8, 4) is 5.19 Å². The number of amides is 1. The standard InChI is InChI=1S/C9H16N2O2S.C8H17NO2/c1-7(2)11-5-8(12)6-13-9-10-3-4-14-9;1-2-3-4-5-6-7-11-8(9)10/h3-4,7-8,11-12H,5-6H2,1-2H3;2-7H2,1H3,(H2,9,10). The number of aliphatic hydroxyl groups is 1. The Kier molecular flexibility index (Phi) is 15.2. The summed E-state index contributed by atoms with van der Waals surface area (Å²) in [5, 5.41) is 15.1. The van der Waals surface area contributed by atoms with Crippen molar-refractivity contribution < 1.29 is 19.4 Å². The molecule has 0 saturated heterocycles. The molecule has 1 heterocycles. The number of carbonyl (C=O) groups excluding carboxylic acids is 1. The predicted molar refractivity (Wildman–Crippen MR) is 101 cm³/mol. The molecule has 1 atom stereocenters. The van der Waals surface area contributed by atoms with Gasteiger partial charge in [-0.05, 0) is 6.42 Å². The Labute approximate surface area is 154 Å². The van der Waals surface area contributed by atoms with Crippen molar-refractivity contribution in [1.82, 2.24) is 10.3 Å². The summed E-state index contributed by atoms with van der Waals surface area (Å²) in [7, 11) is 0. The Balaban J connectivity index is 0.000000477. The van der Waals surface area contributed by atoms with Gasteiger partial charge in [0.2, 0.25) is 0 Å². The van der Waals surface area contributed by atoms with Gasteiger partial charge in [-0.3, -0.25) is 0 Å². The molecule has 0 fully saturated rings. The topological polar surface area (TPSA) is 107 Å². The number of unbranched alkanes of at least 4 members (excludes halogenated alkanes) is 4. The van der Waals surface area contributed by atoms with Crippen LogP contribution in [0.15, 0.2) is 11.6 Å². The second-order valence-electron chi connectivity index (χ2n) is 5.91. The zero-order valence-electron chi connectivity index (χ0n) is 15.6. The average Bonchev–Trinajstić information content (AvgIpc) is 3.08. The molecule has 146 valence electrons. The van der Waals surface area contributed by atoms with E-state index in [4.69, 9.17) is 10.5 Å². The summed E-state index contributed by atoms with van der Waals surface area (Å²) >= 11 is 1.42. The smallest absolute Gasteiger partial charge is 0.404 e. The van der Waals surface area contributed by atoms with Crippen LogP contribution in [0.4, 0.5) is 4.79 Å². The number of hydrogen-bond donors (Lipinski definition) is 3. The van der Waals surface area contributed by atoms with Gasteiger partial charge in [-0.1, -0.05) is 57.8 Å². The molecule has 7 nitrogen and oxygen atoms in total. The van der Waals surface area contributed by atoms with E-state index in [2.05, 4.69) is 22.0 Å². The fourth-order valence-corrected chi connectivity index (χ4v) is 2.25. The van der Waals surface area contributed by atoms with Crippen LogP contribution >= 0.6 is 11.3 Å². The molecule has 0 aliphatic rings. The second kappa shape index (κ2) is 16.1. The Hall–Kier alpha value is -1.38. The fourth-order valence-electron chi connectivity index (χ4n) is 1.76. The molecule has 0 radical (unpaired) electrons. The maximum atomic E-state index is 10.1. The van der Waals surface area contributed by atoms with Crippen LogP contribution in [-0.4, -0.2) is 48.1 Å². The van der Waals surface area contributed by atoms with Gasteiger partial charge in [0.25, 0.3) is 5.19 Å². The average molecular weight is 376 g/mol. The number of ether oxygens (including phenoxy) is 2. The fraction of sp³-hybridized carbons (Fsp3) is 0.765. The summed E-state index contributed by atoms with van der Waals surface area (Å²) in [4.78, 5) is 14.0. The molecule has 1 aromatic rings. The van der Waals surface area contributed by atoms with Crippen molar-refractivity contribution >= 4 is 17.4 Å². The lowest BCUT2D eigenvalue weighted by Gasteiger charge is -2.13. The van der Waals surface area contributed by atoms with E-state index >= 15 is 0 Å². The normalized spacial score (nSPS) is 11.6. The lowest BCUT2D eigenvalue weighted by Crippen LogP contribution is -2.35. The Morgan fingerprint density at radius 3 is 2.64 bits per heavy atom. The van der Waals surface area contributed by atoms with E-state index in [9.17, 15) is 9.90 Å². The lowest BCUT2D eigenvalue weighted by molar-refractivity contribution is 0.104. The summed E-state index contributed by atoms with van der Waals surface area (Å²) in [5.41, 5.74) is 4.77. The van der Waals surface area contributed by atoms with Crippen LogP contribution in [0.3, 0.4) is 0 Å². The number of hydrogen-bond acceptors (Lipinski definition) is 7. The molecule has 1 unspecified atom stereocenters. The highest BCUT2D eigenvalue weighted by molar-refractivity contribution is 7.11. The maximum absolute atomic E-state index is 10.1. The number of primary amides is 1. The van der Waals surface area contributed by atoms with Crippen molar-refractivity contribution in [2.75, 3.05) is 19.8 Å². The van der Waals surface area contributed by atoms with E-state index in [0.29, 0.717) is 24.4 Å². The summed E-state index contributed by atoms with van der Waals surface area (Å²) in [6.07, 6.45) is 6.30. The van der Waals surface area contributed by atoms with Crippen LogP contribution in [0.2, 0.25) is 0 Å². The molecule has 0 spiro atoms. The van der Waals surface area contributed by atoms with Gasteiger partial charge in [0.15, 0.2) is 0 Å². The van der Waals surface area contributed by atoms with Crippen molar-refractivity contribution in [2.45, 2.75) is 65.0 Å². The monoisotopic (exact) mass is 375 g/mol. The molecular weight excluding hydrogens is 342 g/mol. The quantitative estimate of drug-likeness (QED) is 0.485. The van der Waals surface area contributed by atoms with Crippen LogP contribution in [0.1, 0.15) is 52.9 Å². The number of carbonyl (C=O) groups is 1. The van der Waals surface area contributed by atoms with Crippen molar-refractivity contribution in [1.29, 1.82) is 0 Å². The third kappa shape index (κ3) is 17.2. The van der Waals surface area contributed by atoms with Crippen molar-refractivity contribution in [3.05, 3.63) is 11.6 Å². The number of rotatable bonds is 12. The predicted octanol–water partition coefficient (Wildman–Crippen LogP) is 2.93. The van der Waals surface area contributed by atoms with Gasteiger partial charge in [0.05, 0.1) is 6.61 Å². The molecule has 4 N–H and O–H groups in total. The van der Waals surface area contributed by atoms with Gasteiger partial charge in [0, 0.05) is 24.2 Å². The Bertz CT molecular complexity index is 416. The molecular formula is C17H33N3O4S. The molecule has 1 amide bonds. The first-order valence-corrected chi connectivity index (χ1v) is 9.69. The van der Waals surface area contributed by atoms with Crippen LogP contribution in [-0.2, 0) is 4.74 Å². The molecule has 25 heavy (non-hydrogen) atoms. The summed E-state index contributed by atoms with van der Waals surface area (Å²) in [5.74, 6) is 0.